The highest BCUT2D eigenvalue weighted by atomic mass is 16.6. The highest BCUT2D eigenvalue weighted by Crippen LogP contribution is 2.39. The van der Waals surface area contributed by atoms with Crippen LogP contribution in [0.2, 0.25) is 0 Å². The smallest absolute Gasteiger partial charge is 0.312 e. The van der Waals surface area contributed by atoms with Crippen LogP contribution in [0.4, 0.5) is 0 Å². The summed E-state index contributed by atoms with van der Waals surface area (Å²) in [4.78, 5) is 61.3. The van der Waals surface area contributed by atoms with E-state index in [2.05, 4.69) is 200 Å². The first-order valence-corrected chi connectivity index (χ1v) is 42.1. The van der Waals surface area contributed by atoms with Crippen LogP contribution in [0.15, 0.2) is 273 Å². The van der Waals surface area contributed by atoms with Crippen LogP contribution in [0, 0.1) is 28.1 Å². The minimum absolute atomic E-state index is 0.0538. The first kappa shape index (κ1) is 87.1. The molecule has 15 rings (SSSR count). The van der Waals surface area contributed by atoms with Crippen LogP contribution in [0.25, 0.3) is 108 Å². The normalized spacial score (nSPS) is 13.4. The Hall–Kier alpha value is -11.8. The van der Waals surface area contributed by atoms with Gasteiger partial charge in [0.1, 0.15) is 30.5 Å². The Balaban J connectivity index is 0.000000145. The van der Waals surface area contributed by atoms with Gasteiger partial charge in [0, 0.05) is 11.1 Å². The molecule has 0 aliphatic carbocycles. The lowest BCUT2D eigenvalue weighted by Crippen LogP contribution is -2.26. The fraction of sp³-hybridized carbons (Fsp3) is 0.306. The summed E-state index contributed by atoms with van der Waals surface area (Å²) in [5.74, 6) is -0.799. The third-order valence-electron chi connectivity index (χ3n) is 23.8. The number of rotatable bonds is 20. The van der Waals surface area contributed by atoms with Crippen molar-refractivity contribution in [2.45, 2.75) is 187 Å². The highest BCUT2D eigenvalue weighted by molar-refractivity contribution is 6.05. The van der Waals surface area contributed by atoms with Gasteiger partial charge in [-0.1, -0.05) is 255 Å². The molecule has 0 aromatic heterocycles. The molecule has 0 bridgehead atoms. The molecule has 0 spiro atoms. The zero-order valence-electron chi connectivity index (χ0n) is 72.1. The lowest BCUT2D eigenvalue weighted by molar-refractivity contribution is -0.160. The number of carbonyl (C=O) groups excluding carboxylic acids is 5. The minimum atomic E-state index is -0.464. The molecule has 0 fully saturated rings. The van der Waals surface area contributed by atoms with Gasteiger partial charge in [0.15, 0.2) is 0 Å². The van der Waals surface area contributed by atoms with Gasteiger partial charge in [-0.25, -0.2) is 0 Å². The van der Waals surface area contributed by atoms with E-state index in [9.17, 15) is 24.0 Å². The monoisotopic (exact) mass is 1570 g/mol. The highest BCUT2D eigenvalue weighted by Gasteiger charge is 2.32. The van der Waals surface area contributed by atoms with Gasteiger partial charge in [-0.15, -0.1) is 0 Å². The predicted molar refractivity (Wildman–Crippen MR) is 491 cm³/mol. The van der Waals surface area contributed by atoms with Crippen molar-refractivity contribution in [2.75, 3.05) is 0 Å². The molecule has 10 nitrogen and oxygen atoms in total. The van der Waals surface area contributed by atoms with Crippen molar-refractivity contribution in [2.24, 2.45) is 28.1 Å². The van der Waals surface area contributed by atoms with Crippen molar-refractivity contribution in [3.63, 3.8) is 0 Å². The standard InChI is InChI=1S/3C22H24O2.2C21H22O2/c1-5-22(3,4)21(23)24-15(2)20-18-12-8-6-10-16(18)14-17-11-7-9-13-19(17)20;1-5-22(3,4)21(23)24-15(2)19-12-8-11-18-13-16-9-6-7-10-17(16)14-20(18)19;1-5-22(3,4)21(23)24-15(2)16-10-11-19-13-17-8-6-7-9-18(17)14-20(19)12-16;1-4-14(2)21(22)23-15(3)19-11-7-10-18-12-16-8-5-6-9-17(16)13-20(18)19;1-4-14(2)21(22)23-15(3)16-9-10-19-12-17-7-5-6-8-18(17)13-20(19)11-16/h3*6-15H,5H2,1-4H3;2*5-15H,4H2,1-3H3. The molecule has 118 heavy (non-hydrogen) atoms. The first-order chi connectivity index (χ1) is 56.4. The lowest BCUT2D eigenvalue weighted by atomic mass is 9.90. The molecule has 0 aliphatic heterocycles. The van der Waals surface area contributed by atoms with E-state index in [0.29, 0.717) is 0 Å². The van der Waals surface area contributed by atoms with Crippen LogP contribution in [0.5, 0.6) is 0 Å². The molecule has 15 aromatic rings. The number of fused-ring (bicyclic) bond motifs is 10. The number of hydrogen-bond acceptors (Lipinski definition) is 10. The van der Waals surface area contributed by atoms with Crippen LogP contribution in [0.1, 0.15) is 215 Å². The van der Waals surface area contributed by atoms with E-state index < -0.39 is 16.2 Å². The Bertz CT molecular complexity index is 6000. The number of hydrogen-bond donors (Lipinski definition) is 0. The summed E-state index contributed by atoms with van der Waals surface area (Å²) < 4.78 is 28.6. The summed E-state index contributed by atoms with van der Waals surface area (Å²) in [7, 11) is 0. The van der Waals surface area contributed by atoms with Crippen molar-refractivity contribution in [3.8, 4) is 0 Å². The largest absolute Gasteiger partial charge is 0.458 e. The summed E-state index contributed by atoms with van der Waals surface area (Å²) in [6.45, 7) is 35.2. The number of esters is 5. The molecular weight excluding hydrogens is 1460 g/mol. The summed E-state index contributed by atoms with van der Waals surface area (Å²) in [6, 6.07) is 94.6. The molecule has 7 atom stereocenters. The predicted octanol–water partition coefficient (Wildman–Crippen LogP) is 29.4. The van der Waals surface area contributed by atoms with Crippen molar-refractivity contribution in [3.05, 3.63) is 301 Å². The first-order valence-electron chi connectivity index (χ1n) is 42.1. The van der Waals surface area contributed by atoms with Crippen LogP contribution in [-0.2, 0) is 47.7 Å². The van der Waals surface area contributed by atoms with Gasteiger partial charge in [-0.2, -0.15) is 0 Å². The summed E-state index contributed by atoms with van der Waals surface area (Å²) in [6.07, 6.45) is 2.59. The van der Waals surface area contributed by atoms with Crippen LogP contribution in [0.3, 0.4) is 0 Å². The zero-order valence-corrected chi connectivity index (χ0v) is 72.1. The topological polar surface area (TPSA) is 132 Å². The lowest BCUT2D eigenvalue weighted by Gasteiger charge is -2.25. The Kier molecular flexibility index (Phi) is 28.5. The number of benzene rings is 15. The number of carbonyl (C=O) groups is 5. The van der Waals surface area contributed by atoms with Gasteiger partial charge in [0.05, 0.1) is 28.1 Å². The maximum absolute atomic E-state index is 12.5. The third-order valence-corrected chi connectivity index (χ3v) is 23.8. The van der Waals surface area contributed by atoms with E-state index in [-0.39, 0.29) is 72.2 Å². The number of ether oxygens (including phenoxy) is 5. The molecule has 0 saturated heterocycles. The van der Waals surface area contributed by atoms with Crippen LogP contribution in [-0.4, -0.2) is 29.8 Å². The zero-order chi connectivity index (χ0) is 84.8. The van der Waals surface area contributed by atoms with Gasteiger partial charge < -0.3 is 23.7 Å². The summed E-state index contributed by atoms with van der Waals surface area (Å²) in [5, 5.41) is 23.8. The van der Waals surface area contributed by atoms with Crippen molar-refractivity contribution < 1.29 is 47.7 Å². The average Bonchev–Trinajstić information content (AvgIpc) is 0.731. The molecule has 0 heterocycles. The van der Waals surface area contributed by atoms with Crippen molar-refractivity contribution in [1.29, 1.82) is 0 Å². The molecule has 0 N–H and O–H groups in total. The van der Waals surface area contributed by atoms with Crippen molar-refractivity contribution >= 4 is 138 Å². The van der Waals surface area contributed by atoms with Crippen molar-refractivity contribution in [1.82, 2.24) is 0 Å². The van der Waals surface area contributed by atoms with E-state index in [0.717, 1.165) is 81.5 Å². The second-order valence-corrected chi connectivity index (χ2v) is 33.5. The Labute approximate surface area is 697 Å². The van der Waals surface area contributed by atoms with Gasteiger partial charge in [-0.3, -0.25) is 24.0 Å². The van der Waals surface area contributed by atoms with Crippen LogP contribution >= 0.6 is 0 Å². The van der Waals surface area contributed by atoms with Gasteiger partial charge in [-0.05, 0) is 299 Å². The average molecular weight is 1570 g/mol. The molecule has 0 saturated carbocycles. The molecule has 10 heteroatoms. The van der Waals surface area contributed by atoms with E-state index >= 15 is 0 Å². The Morgan fingerprint density at radius 3 is 0.839 bits per heavy atom. The molecule has 0 amide bonds. The second-order valence-electron chi connectivity index (χ2n) is 33.5. The Morgan fingerprint density at radius 2 is 0.492 bits per heavy atom. The molecule has 0 aliphatic rings. The quantitative estimate of drug-likeness (QED) is 0.0413. The molecule has 15 aromatic carbocycles. The van der Waals surface area contributed by atoms with E-state index in [1.165, 1.54) is 86.2 Å². The molecular formula is C108H116O10. The maximum Gasteiger partial charge on any atom is 0.312 e. The second kappa shape index (κ2) is 38.6. The van der Waals surface area contributed by atoms with Gasteiger partial charge in [0.25, 0.3) is 0 Å². The fourth-order valence-electron chi connectivity index (χ4n) is 14.2. The van der Waals surface area contributed by atoms with E-state index in [1.807, 2.05) is 197 Å². The molecule has 7 unspecified atom stereocenters. The molecule has 0 radical (unpaired) electrons. The van der Waals surface area contributed by atoms with Gasteiger partial charge in [0.2, 0.25) is 0 Å². The summed E-state index contributed by atoms with van der Waals surface area (Å²) in [5.41, 5.74) is 3.90. The summed E-state index contributed by atoms with van der Waals surface area (Å²) >= 11 is 0. The SMILES string of the molecule is CCC(C)(C)C(=O)OC(C)c1c2ccccc2cc2ccccc12.CCC(C)(C)C(=O)OC(C)c1ccc2cc3ccccc3cc2c1.CCC(C)(C)C(=O)OC(C)c1cccc2cc3ccccc3cc12.CCC(C)C(=O)OC(C)c1ccc2cc3ccccc3cc2c1.CCC(C)C(=O)OC(C)c1cccc2cc3ccccc3cc12. The maximum atomic E-state index is 12.5. The fourth-order valence-corrected chi connectivity index (χ4v) is 14.2. The minimum Gasteiger partial charge on any atom is -0.458 e. The van der Waals surface area contributed by atoms with Gasteiger partial charge >= 0.3 is 29.8 Å². The molecule has 608 valence electrons. The Morgan fingerprint density at radius 1 is 0.246 bits per heavy atom. The van der Waals surface area contributed by atoms with E-state index in [4.69, 9.17) is 23.7 Å². The van der Waals surface area contributed by atoms with E-state index in [1.54, 1.807) is 0 Å². The third kappa shape index (κ3) is 20.8. The van der Waals surface area contributed by atoms with Crippen LogP contribution < -0.4 is 0 Å².